The van der Waals surface area contributed by atoms with Gasteiger partial charge in [0.25, 0.3) is 0 Å². The minimum absolute atomic E-state index is 0.242. The molecule has 1 aromatic carbocycles. The summed E-state index contributed by atoms with van der Waals surface area (Å²) in [4.78, 5) is 8.20. The summed E-state index contributed by atoms with van der Waals surface area (Å²) in [6.07, 6.45) is 3.34. The fourth-order valence-electron chi connectivity index (χ4n) is 1.11. The Hall–Kier alpha value is -1.04. The van der Waals surface area contributed by atoms with Gasteiger partial charge in [-0.25, -0.2) is 14.4 Å². The van der Waals surface area contributed by atoms with Crippen molar-refractivity contribution in [3.63, 3.8) is 0 Å². The molecule has 1 aromatic heterocycles. The molecule has 0 saturated carbocycles. The monoisotopic (exact) mass is 300 g/mol. The lowest BCUT2D eigenvalue weighted by Crippen LogP contribution is -1.90. The highest BCUT2D eigenvalue weighted by molar-refractivity contribution is 14.1. The number of aromatic nitrogens is 2. The van der Waals surface area contributed by atoms with Crippen LogP contribution in [0, 0.1) is 9.39 Å². The Labute approximate surface area is 94.4 Å². The van der Waals surface area contributed by atoms with Crippen LogP contribution in [0.2, 0.25) is 0 Å². The van der Waals surface area contributed by atoms with Gasteiger partial charge in [0, 0.05) is 21.5 Å². The molecule has 0 radical (unpaired) electrons. The van der Waals surface area contributed by atoms with Crippen LogP contribution < -0.4 is 0 Å². The summed E-state index contributed by atoms with van der Waals surface area (Å²) in [7, 11) is 0. The highest BCUT2D eigenvalue weighted by Gasteiger charge is 2.05. The Morgan fingerprint density at radius 1 is 1.14 bits per heavy atom. The van der Waals surface area contributed by atoms with Crippen LogP contribution in [0.25, 0.3) is 11.4 Å². The minimum Gasteiger partial charge on any atom is -0.237 e. The Morgan fingerprint density at radius 2 is 1.86 bits per heavy atom. The minimum atomic E-state index is -0.242. The maximum Gasteiger partial charge on any atom is 0.160 e. The van der Waals surface area contributed by atoms with Crippen molar-refractivity contribution in [1.29, 1.82) is 0 Å². The van der Waals surface area contributed by atoms with Crippen molar-refractivity contribution in [2.75, 3.05) is 0 Å². The Balaban J connectivity index is 2.53. The van der Waals surface area contributed by atoms with E-state index < -0.39 is 0 Å². The molecular formula is C10H6FIN2. The van der Waals surface area contributed by atoms with Crippen LogP contribution in [0.5, 0.6) is 0 Å². The molecule has 14 heavy (non-hydrogen) atoms. The van der Waals surface area contributed by atoms with Crippen LogP contribution in [-0.4, -0.2) is 9.97 Å². The SMILES string of the molecule is Fc1ccc(-c2ncccn2)c(I)c1. The average molecular weight is 300 g/mol. The average Bonchev–Trinajstić information content (AvgIpc) is 2.19. The first-order valence-electron chi connectivity index (χ1n) is 4.00. The molecule has 1 heterocycles. The zero-order chi connectivity index (χ0) is 9.97. The molecule has 0 N–H and O–H groups in total. The van der Waals surface area contributed by atoms with Crippen LogP contribution in [0.3, 0.4) is 0 Å². The fourth-order valence-corrected chi connectivity index (χ4v) is 1.83. The maximum absolute atomic E-state index is 12.8. The number of hydrogen-bond donors (Lipinski definition) is 0. The zero-order valence-electron chi connectivity index (χ0n) is 7.11. The van der Waals surface area contributed by atoms with Gasteiger partial charge in [0.15, 0.2) is 5.82 Å². The Kier molecular flexibility index (Phi) is 2.72. The Bertz CT molecular complexity index is 445. The van der Waals surface area contributed by atoms with Crippen molar-refractivity contribution in [3.05, 3.63) is 46.0 Å². The van der Waals surface area contributed by atoms with Gasteiger partial charge in [0.2, 0.25) is 0 Å². The molecule has 2 rings (SSSR count). The largest absolute Gasteiger partial charge is 0.237 e. The molecule has 2 nitrogen and oxygen atoms in total. The summed E-state index contributed by atoms with van der Waals surface area (Å²) in [6, 6.07) is 6.31. The molecule has 2 aromatic rings. The van der Waals surface area contributed by atoms with Gasteiger partial charge in [0.1, 0.15) is 5.82 Å². The molecule has 0 aliphatic heterocycles. The summed E-state index contributed by atoms with van der Waals surface area (Å²) < 4.78 is 13.6. The summed E-state index contributed by atoms with van der Waals surface area (Å²) >= 11 is 2.07. The number of rotatable bonds is 1. The summed E-state index contributed by atoms with van der Waals surface area (Å²) in [5.41, 5.74) is 0.854. The van der Waals surface area contributed by atoms with Crippen molar-refractivity contribution in [1.82, 2.24) is 9.97 Å². The normalized spacial score (nSPS) is 10.1. The van der Waals surface area contributed by atoms with Gasteiger partial charge in [-0.3, -0.25) is 0 Å². The van der Waals surface area contributed by atoms with Gasteiger partial charge in [-0.1, -0.05) is 0 Å². The molecule has 0 bridgehead atoms. The van der Waals surface area contributed by atoms with E-state index in [1.165, 1.54) is 12.1 Å². The topological polar surface area (TPSA) is 25.8 Å². The standard InChI is InChI=1S/C10H6FIN2/c11-7-2-3-8(9(12)6-7)10-13-4-1-5-14-10/h1-6H. The van der Waals surface area contributed by atoms with Gasteiger partial charge in [-0.2, -0.15) is 0 Å². The van der Waals surface area contributed by atoms with E-state index >= 15 is 0 Å². The van der Waals surface area contributed by atoms with E-state index in [0.717, 1.165) is 9.13 Å². The van der Waals surface area contributed by atoms with E-state index in [9.17, 15) is 4.39 Å². The summed E-state index contributed by atoms with van der Waals surface area (Å²) in [5, 5.41) is 0. The first-order chi connectivity index (χ1) is 6.77. The van der Waals surface area contributed by atoms with Crippen molar-refractivity contribution in [3.8, 4) is 11.4 Å². The van der Waals surface area contributed by atoms with E-state index in [0.29, 0.717) is 5.82 Å². The lowest BCUT2D eigenvalue weighted by atomic mass is 10.2. The molecule has 0 aliphatic rings. The molecule has 0 spiro atoms. The third-order valence-electron chi connectivity index (χ3n) is 1.74. The van der Waals surface area contributed by atoms with Gasteiger partial charge in [0.05, 0.1) is 0 Å². The third kappa shape index (κ3) is 1.89. The zero-order valence-corrected chi connectivity index (χ0v) is 9.27. The fraction of sp³-hybridized carbons (Fsp3) is 0. The van der Waals surface area contributed by atoms with Crippen molar-refractivity contribution in [2.24, 2.45) is 0 Å². The predicted molar refractivity (Wildman–Crippen MR) is 60.1 cm³/mol. The van der Waals surface area contributed by atoms with E-state index in [2.05, 4.69) is 32.6 Å². The molecule has 4 heteroatoms. The Morgan fingerprint density at radius 3 is 2.50 bits per heavy atom. The second kappa shape index (κ2) is 4.00. The second-order valence-electron chi connectivity index (χ2n) is 2.70. The van der Waals surface area contributed by atoms with Crippen molar-refractivity contribution in [2.45, 2.75) is 0 Å². The van der Waals surface area contributed by atoms with Crippen LogP contribution in [0.4, 0.5) is 4.39 Å². The first-order valence-corrected chi connectivity index (χ1v) is 5.08. The van der Waals surface area contributed by atoms with Crippen molar-refractivity contribution >= 4 is 22.6 Å². The number of hydrogen-bond acceptors (Lipinski definition) is 2. The molecule has 70 valence electrons. The van der Waals surface area contributed by atoms with Crippen molar-refractivity contribution < 1.29 is 4.39 Å². The molecule has 0 atom stereocenters. The summed E-state index contributed by atoms with van der Waals surface area (Å²) in [6.45, 7) is 0. The van der Waals surface area contributed by atoms with E-state index in [4.69, 9.17) is 0 Å². The van der Waals surface area contributed by atoms with E-state index in [-0.39, 0.29) is 5.82 Å². The number of benzene rings is 1. The molecule has 0 saturated heterocycles. The highest BCUT2D eigenvalue weighted by Crippen LogP contribution is 2.22. The molecule has 0 aliphatic carbocycles. The van der Waals surface area contributed by atoms with Crippen LogP contribution >= 0.6 is 22.6 Å². The van der Waals surface area contributed by atoms with Gasteiger partial charge < -0.3 is 0 Å². The maximum atomic E-state index is 12.8. The highest BCUT2D eigenvalue weighted by atomic mass is 127. The number of nitrogens with zero attached hydrogens (tertiary/aromatic N) is 2. The molecule has 0 fully saturated rings. The second-order valence-corrected chi connectivity index (χ2v) is 3.86. The lowest BCUT2D eigenvalue weighted by molar-refractivity contribution is 0.627. The van der Waals surface area contributed by atoms with Gasteiger partial charge in [-0.15, -0.1) is 0 Å². The van der Waals surface area contributed by atoms with Crippen LogP contribution in [0.1, 0.15) is 0 Å². The molecule has 0 amide bonds. The number of halogens is 2. The quantitative estimate of drug-likeness (QED) is 0.757. The van der Waals surface area contributed by atoms with Gasteiger partial charge >= 0.3 is 0 Å². The molecule has 0 unspecified atom stereocenters. The van der Waals surface area contributed by atoms with E-state index in [1.807, 2.05) is 0 Å². The van der Waals surface area contributed by atoms with Crippen LogP contribution in [0.15, 0.2) is 36.7 Å². The predicted octanol–water partition coefficient (Wildman–Crippen LogP) is 2.89. The van der Waals surface area contributed by atoms with Gasteiger partial charge in [-0.05, 0) is 46.9 Å². The van der Waals surface area contributed by atoms with Crippen LogP contribution in [-0.2, 0) is 0 Å². The lowest BCUT2D eigenvalue weighted by Gasteiger charge is -2.01. The summed E-state index contributed by atoms with van der Waals surface area (Å²) in [5.74, 6) is 0.381. The molecular weight excluding hydrogens is 294 g/mol. The third-order valence-corrected chi connectivity index (χ3v) is 2.63. The first kappa shape index (κ1) is 9.51. The smallest absolute Gasteiger partial charge is 0.160 e. The van der Waals surface area contributed by atoms with E-state index in [1.54, 1.807) is 24.5 Å².